The predicted molar refractivity (Wildman–Crippen MR) is 96.7 cm³/mol. The number of guanidine groups is 1. The summed E-state index contributed by atoms with van der Waals surface area (Å²) in [6, 6.07) is 10.3. The Bertz CT molecular complexity index is 714. The van der Waals surface area contributed by atoms with Gasteiger partial charge in [-0.1, -0.05) is 36.8 Å². The third-order valence-electron chi connectivity index (χ3n) is 5.49. The van der Waals surface area contributed by atoms with Gasteiger partial charge in [0.2, 0.25) is 0 Å². The monoisotopic (exact) mass is 323 g/mol. The van der Waals surface area contributed by atoms with Crippen LogP contribution in [0.25, 0.3) is 11.3 Å². The van der Waals surface area contributed by atoms with Gasteiger partial charge in [0.15, 0.2) is 5.96 Å². The van der Waals surface area contributed by atoms with Gasteiger partial charge >= 0.3 is 0 Å². The molecule has 2 fully saturated rings. The van der Waals surface area contributed by atoms with Gasteiger partial charge in [-0.2, -0.15) is 0 Å². The minimum absolute atomic E-state index is 0.586. The van der Waals surface area contributed by atoms with Crippen molar-refractivity contribution in [2.24, 2.45) is 10.4 Å². The molecule has 5 heteroatoms. The van der Waals surface area contributed by atoms with Crippen molar-refractivity contribution >= 4 is 5.96 Å². The highest BCUT2D eigenvalue weighted by Gasteiger charge is 2.43. The van der Waals surface area contributed by atoms with E-state index < -0.39 is 0 Å². The van der Waals surface area contributed by atoms with Gasteiger partial charge in [-0.05, 0) is 30.2 Å². The first kappa shape index (κ1) is 15.2. The molecule has 1 saturated heterocycles. The fourth-order valence-electron chi connectivity index (χ4n) is 3.91. The Labute approximate surface area is 143 Å². The van der Waals surface area contributed by atoms with E-state index in [4.69, 9.17) is 0 Å². The highest BCUT2D eigenvalue weighted by atomic mass is 15.3. The maximum atomic E-state index is 4.49. The lowest BCUT2D eigenvalue weighted by Gasteiger charge is -2.38. The largest absolute Gasteiger partial charge is 0.349 e. The summed E-state index contributed by atoms with van der Waals surface area (Å²) in [5.41, 5.74) is 2.80. The molecule has 4 rings (SSSR count). The molecule has 1 aliphatic carbocycles. The number of imidazole rings is 1. The lowest BCUT2D eigenvalue weighted by Crippen LogP contribution is -2.42. The molecule has 2 heterocycles. The van der Waals surface area contributed by atoms with E-state index in [9.17, 15) is 0 Å². The third-order valence-corrected chi connectivity index (χ3v) is 5.49. The maximum Gasteiger partial charge on any atom is 0.194 e. The van der Waals surface area contributed by atoms with E-state index in [1.54, 1.807) is 0 Å². The number of hydrogen-bond donors (Lipinski definition) is 2. The quantitative estimate of drug-likeness (QED) is 0.674. The Kier molecular flexibility index (Phi) is 4.00. The molecule has 0 radical (unpaired) electrons. The first-order chi connectivity index (χ1) is 11.8. The maximum absolute atomic E-state index is 4.49. The van der Waals surface area contributed by atoms with Crippen LogP contribution in [0, 0.1) is 5.41 Å². The summed E-state index contributed by atoms with van der Waals surface area (Å²) in [6.45, 7) is 2.94. The fourth-order valence-corrected chi connectivity index (χ4v) is 3.91. The number of aromatic nitrogens is 2. The molecule has 5 nitrogen and oxygen atoms in total. The third kappa shape index (κ3) is 2.90. The van der Waals surface area contributed by atoms with Gasteiger partial charge in [-0.15, -0.1) is 0 Å². The molecule has 1 saturated carbocycles. The van der Waals surface area contributed by atoms with Crippen LogP contribution >= 0.6 is 0 Å². The smallest absolute Gasteiger partial charge is 0.194 e. The van der Waals surface area contributed by atoms with Crippen molar-refractivity contribution in [2.75, 3.05) is 20.1 Å². The van der Waals surface area contributed by atoms with Crippen LogP contribution in [0.4, 0.5) is 0 Å². The standard InChI is InChI=1S/C19H25N5/c1-20-18(24-11-10-19(14-24)8-5-9-19)22-13-17-21-12-16(23-17)15-6-3-2-4-7-15/h2-4,6-7,12H,5,8-11,13-14H2,1H3,(H,20,22)(H,21,23). The van der Waals surface area contributed by atoms with Crippen LogP contribution < -0.4 is 5.32 Å². The molecule has 0 unspecified atom stereocenters. The fraction of sp³-hybridized carbons (Fsp3) is 0.474. The SMILES string of the molecule is CN=C(NCc1ncc(-c2ccccc2)[nH]1)N1CCC2(CCC2)C1. The van der Waals surface area contributed by atoms with Gasteiger partial charge in [-0.25, -0.2) is 4.98 Å². The van der Waals surface area contributed by atoms with Crippen molar-refractivity contribution in [3.05, 3.63) is 42.4 Å². The number of rotatable bonds is 3. The van der Waals surface area contributed by atoms with Crippen LogP contribution in [-0.2, 0) is 6.54 Å². The Morgan fingerprint density at radius 3 is 2.79 bits per heavy atom. The van der Waals surface area contributed by atoms with Crippen LogP contribution in [0.2, 0.25) is 0 Å². The average molecular weight is 323 g/mol. The molecular weight excluding hydrogens is 298 g/mol. The number of nitrogens with zero attached hydrogens (tertiary/aromatic N) is 3. The topological polar surface area (TPSA) is 56.3 Å². The molecular formula is C19H25N5. The molecule has 1 aromatic heterocycles. The summed E-state index contributed by atoms with van der Waals surface area (Å²) >= 11 is 0. The molecule has 2 N–H and O–H groups in total. The van der Waals surface area contributed by atoms with Gasteiger partial charge in [-0.3, -0.25) is 4.99 Å². The predicted octanol–water partition coefficient (Wildman–Crippen LogP) is 3.03. The van der Waals surface area contributed by atoms with Crippen molar-refractivity contribution in [3.8, 4) is 11.3 Å². The number of aromatic amines is 1. The zero-order valence-electron chi connectivity index (χ0n) is 14.3. The van der Waals surface area contributed by atoms with Gasteiger partial charge in [0.25, 0.3) is 0 Å². The second-order valence-corrected chi connectivity index (χ2v) is 7.04. The Morgan fingerprint density at radius 1 is 1.29 bits per heavy atom. The number of nitrogens with one attached hydrogen (secondary N) is 2. The molecule has 0 amide bonds. The van der Waals surface area contributed by atoms with E-state index in [1.807, 2.05) is 31.4 Å². The van der Waals surface area contributed by atoms with Crippen molar-refractivity contribution in [2.45, 2.75) is 32.2 Å². The van der Waals surface area contributed by atoms with E-state index in [0.29, 0.717) is 12.0 Å². The molecule has 1 spiro atoms. The van der Waals surface area contributed by atoms with Crippen molar-refractivity contribution in [3.63, 3.8) is 0 Å². The lowest BCUT2D eigenvalue weighted by atomic mass is 9.68. The first-order valence-corrected chi connectivity index (χ1v) is 8.83. The number of aliphatic imine (C=N–C) groups is 1. The Morgan fingerprint density at radius 2 is 2.12 bits per heavy atom. The molecule has 2 aromatic rings. The van der Waals surface area contributed by atoms with Crippen LogP contribution in [0.1, 0.15) is 31.5 Å². The van der Waals surface area contributed by atoms with Gasteiger partial charge in [0.05, 0.1) is 18.4 Å². The number of H-pyrrole nitrogens is 1. The summed E-state index contributed by atoms with van der Waals surface area (Å²) in [5.74, 6) is 1.93. The van der Waals surface area contributed by atoms with E-state index in [1.165, 1.54) is 25.7 Å². The highest BCUT2D eigenvalue weighted by Crippen LogP contribution is 2.47. The van der Waals surface area contributed by atoms with E-state index in [-0.39, 0.29) is 0 Å². The first-order valence-electron chi connectivity index (χ1n) is 8.83. The summed E-state index contributed by atoms with van der Waals surface area (Å²) in [7, 11) is 1.87. The van der Waals surface area contributed by atoms with Crippen LogP contribution in [0.3, 0.4) is 0 Å². The Balaban J connectivity index is 1.37. The summed E-state index contributed by atoms with van der Waals surface area (Å²) in [4.78, 5) is 14.7. The molecule has 1 aromatic carbocycles. The second kappa shape index (κ2) is 6.30. The van der Waals surface area contributed by atoms with Crippen LogP contribution in [-0.4, -0.2) is 41.0 Å². The number of hydrogen-bond acceptors (Lipinski definition) is 2. The molecule has 0 atom stereocenters. The lowest BCUT2D eigenvalue weighted by molar-refractivity contribution is 0.151. The minimum Gasteiger partial charge on any atom is -0.349 e. The van der Waals surface area contributed by atoms with E-state index in [0.717, 1.165) is 36.1 Å². The van der Waals surface area contributed by atoms with E-state index in [2.05, 4.69) is 37.3 Å². The number of benzene rings is 1. The normalized spacial score (nSPS) is 19.5. The molecule has 24 heavy (non-hydrogen) atoms. The summed E-state index contributed by atoms with van der Waals surface area (Å²) in [5, 5.41) is 3.46. The summed E-state index contributed by atoms with van der Waals surface area (Å²) < 4.78 is 0. The average Bonchev–Trinajstić information content (AvgIpc) is 3.23. The Hall–Kier alpha value is -2.30. The molecule has 2 aliphatic rings. The minimum atomic E-state index is 0.586. The van der Waals surface area contributed by atoms with Gasteiger partial charge in [0, 0.05) is 20.1 Å². The van der Waals surface area contributed by atoms with E-state index >= 15 is 0 Å². The molecule has 0 bridgehead atoms. The summed E-state index contributed by atoms with van der Waals surface area (Å²) in [6.07, 6.45) is 7.38. The molecule has 1 aliphatic heterocycles. The van der Waals surface area contributed by atoms with Crippen molar-refractivity contribution < 1.29 is 0 Å². The zero-order valence-corrected chi connectivity index (χ0v) is 14.3. The van der Waals surface area contributed by atoms with Crippen LogP contribution in [0.5, 0.6) is 0 Å². The van der Waals surface area contributed by atoms with Gasteiger partial charge < -0.3 is 15.2 Å². The van der Waals surface area contributed by atoms with Crippen LogP contribution in [0.15, 0.2) is 41.5 Å². The van der Waals surface area contributed by atoms with Crippen molar-refractivity contribution in [1.82, 2.24) is 20.2 Å². The second-order valence-electron chi connectivity index (χ2n) is 7.04. The molecule has 126 valence electrons. The zero-order chi connectivity index (χ0) is 16.4. The van der Waals surface area contributed by atoms with Crippen molar-refractivity contribution in [1.29, 1.82) is 0 Å². The highest BCUT2D eigenvalue weighted by molar-refractivity contribution is 5.80. The van der Waals surface area contributed by atoms with Gasteiger partial charge in [0.1, 0.15) is 5.82 Å². The number of likely N-dealkylation sites (tertiary alicyclic amines) is 1.